The van der Waals surface area contributed by atoms with Gasteiger partial charge in [0.05, 0.1) is 22.8 Å². The Labute approximate surface area is 122 Å². The molecule has 0 saturated heterocycles. The normalized spacial score (nSPS) is 10.2. The van der Waals surface area contributed by atoms with Crippen LogP contribution in [0.15, 0.2) is 54.7 Å². The van der Waals surface area contributed by atoms with Gasteiger partial charge in [0, 0.05) is 23.8 Å². The molecule has 0 unspecified atom stereocenters. The van der Waals surface area contributed by atoms with Crippen LogP contribution in [0.2, 0.25) is 0 Å². The molecule has 0 radical (unpaired) electrons. The smallest absolute Gasteiger partial charge is 0.0991 e. The molecule has 0 amide bonds. The highest BCUT2D eigenvalue weighted by molar-refractivity contribution is 5.98. The third-order valence-corrected chi connectivity index (χ3v) is 3.34. The lowest BCUT2D eigenvalue weighted by Gasteiger charge is -2.10. The molecule has 0 fully saturated rings. The second kappa shape index (κ2) is 5.51. The molecular weight excluding hydrogens is 260 g/mol. The third kappa shape index (κ3) is 2.63. The summed E-state index contributed by atoms with van der Waals surface area (Å²) in [4.78, 5) is 4.39. The number of nitrogen functional groups attached to an aromatic ring is 1. The van der Waals surface area contributed by atoms with Crippen LogP contribution in [0, 0.1) is 11.3 Å². The van der Waals surface area contributed by atoms with Crippen LogP contribution in [-0.2, 0) is 6.54 Å². The van der Waals surface area contributed by atoms with Crippen LogP contribution in [0.1, 0.15) is 11.1 Å². The molecule has 1 heterocycles. The number of nitrogens with two attached hydrogens (primary N) is 1. The van der Waals surface area contributed by atoms with Crippen LogP contribution in [0.3, 0.4) is 0 Å². The number of pyridine rings is 1. The van der Waals surface area contributed by atoms with E-state index in [-0.39, 0.29) is 0 Å². The molecule has 0 spiro atoms. The van der Waals surface area contributed by atoms with Crippen molar-refractivity contribution in [2.45, 2.75) is 6.54 Å². The van der Waals surface area contributed by atoms with Crippen molar-refractivity contribution in [2.75, 3.05) is 11.1 Å². The number of fused-ring (bicyclic) bond motifs is 1. The molecule has 2 aromatic carbocycles. The lowest BCUT2D eigenvalue weighted by atomic mass is 10.1. The van der Waals surface area contributed by atoms with E-state index in [1.54, 1.807) is 12.3 Å². The van der Waals surface area contributed by atoms with E-state index >= 15 is 0 Å². The zero-order chi connectivity index (χ0) is 14.7. The Bertz CT molecular complexity index is 834. The molecule has 1 aromatic heterocycles. The Kier molecular flexibility index (Phi) is 3.40. The maximum Gasteiger partial charge on any atom is 0.0991 e. The second-order valence-electron chi connectivity index (χ2n) is 4.77. The van der Waals surface area contributed by atoms with Crippen molar-refractivity contribution >= 4 is 22.3 Å². The first kappa shape index (κ1) is 12.9. The Morgan fingerprint density at radius 2 is 2.05 bits per heavy atom. The van der Waals surface area contributed by atoms with E-state index < -0.39 is 0 Å². The zero-order valence-electron chi connectivity index (χ0n) is 11.4. The van der Waals surface area contributed by atoms with Gasteiger partial charge < -0.3 is 11.1 Å². The van der Waals surface area contributed by atoms with Crippen molar-refractivity contribution in [1.29, 1.82) is 5.26 Å². The number of hydrogen-bond acceptors (Lipinski definition) is 4. The van der Waals surface area contributed by atoms with Crippen LogP contribution in [0.5, 0.6) is 0 Å². The van der Waals surface area contributed by atoms with Crippen LogP contribution in [0.25, 0.3) is 10.9 Å². The van der Waals surface area contributed by atoms with E-state index in [2.05, 4.69) is 16.4 Å². The summed E-state index contributed by atoms with van der Waals surface area (Å²) >= 11 is 0. The second-order valence-corrected chi connectivity index (χ2v) is 4.77. The number of nitrogens with zero attached hydrogens (tertiary/aromatic N) is 2. The van der Waals surface area contributed by atoms with Crippen LogP contribution < -0.4 is 11.1 Å². The van der Waals surface area contributed by atoms with E-state index in [9.17, 15) is 0 Å². The van der Waals surface area contributed by atoms with Crippen LogP contribution in [-0.4, -0.2) is 4.98 Å². The Morgan fingerprint density at radius 3 is 2.90 bits per heavy atom. The summed E-state index contributed by atoms with van der Waals surface area (Å²) < 4.78 is 0. The summed E-state index contributed by atoms with van der Waals surface area (Å²) in [7, 11) is 0. The molecule has 3 aromatic rings. The van der Waals surface area contributed by atoms with Crippen molar-refractivity contribution in [3.05, 3.63) is 65.9 Å². The van der Waals surface area contributed by atoms with Gasteiger partial charge in [-0.1, -0.05) is 12.1 Å². The fraction of sp³-hybridized carbons (Fsp3) is 0.0588. The average Bonchev–Trinajstić information content (AvgIpc) is 2.55. The van der Waals surface area contributed by atoms with Crippen molar-refractivity contribution in [1.82, 2.24) is 4.98 Å². The summed E-state index contributed by atoms with van der Waals surface area (Å²) in [5, 5.41) is 13.2. The highest BCUT2D eigenvalue weighted by atomic mass is 14.9. The Morgan fingerprint density at radius 1 is 1.14 bits per heavy atom. The van der Waals surface area contributed by atoms with E-state index in [1.807, 2.05) is 42.5 Å². The fourth-order valence-corrected chi connectivity index (χ4v) is 2.29. The molecular formula is C17H14N4. The molecule has 0 bridgehead atoms. The van der Waals surface area contributed by atoms with Gasteiger partial charge in [-0.3, -0.25) is 4.98 Å². The van der Waals surface area contributed by atoms with Crippen LogP contribution in [0.4, 0.5) is 11.4 Å². The van der Waals surface area contributed by atoms with E-state index in [4.69, 9.17) is 11.0 Å². The van der Waals surface area contributed by atoms with Gasteiger partial charge in [-0.2, -0.15) is 5.26 Å². The SMILES string of the molecule is N#Cc1cccc(CNc2ccc(N)c3cccnc23)c1. The summed E-state index contributed by atoms with van der Waals surface area (Å²) in [6.45, 7) is 0.630. The number of anilines is 2. The summed E-state index contributed by atoms with van der Waals surface area (Å²) in [5.74, 6) is 0. The average molecular weight is 274 g/mol. The number of nitriles is 1. The highest BCUT2D eigenvalue weighted by Crippen LogP contribution is 2.26. The standard InChI is InChI=1S/C17H14N4/c18-10-12-3-1-4-13(9-12)11-21-16-7-6-15(19)14-5-2-8-20-17(14)16/h1-9,21H,11,19H2. The quantitative estimate of drug-likeness (QED) is 0.718. The molecule has 0 saturated carbocycles. The minimum atomic E-state index is 0.630. The first-order valence-electron chi connectivity index (χ1n) is 6.64. The fourth-order valence-electron chi connectivity index (χ4n) is 2.29. The van der Waals surface area contributed by atoms with Gasteiger partial charge in [0.25, 0.3) is 0 Å². The maximum absolute atomic E-state index is 8.92. The number of nitrogens with one attached hydrogen (secondary N) is 1. The molecule has 4 heteroatoms. The lowest BCUT2D eigenvalue weighted by molar-refractivity contribution is 1.15. The van der Waals surface area contributed by atoms with Gasteiger partial charge in [-0.25, -0.2) is 0 Å². The predicted molar refractivity (Wildman–Crippen MR) is 84.6 cm³/mol. The molecule has 3 rings (SSSR count). The summed E-state index contributed by atoms with van der Waals surface area (Å²) in [6.07, 6.45) is 1.75. The van der Waals surface area contributed by atoms with Gasteiger partial charge in [0.15, 0.2) is 0 Å². The van der Waals surface area contributed by atoms with E-state index in [0.29, 0.717) is 12.1 Å². The number of benzene rings is 2. The van der Waals surface area contributed by atoms with E-state index in [1.165, 1.54) is 0 Å². The minimum absolute atomic E-state index is 0.630. The summed E-state index contributed by atoms with van der Waals surface area (Å²) in [5.41, 5.74) is 10.2. The monoisotopic (exact) mass is 274 g/mol. The molecule has 0 aliphatic rings. The van der Waals surface area contributed by atoms with Gasteiger partial charge in [-0.05, 0) is 42.0 Å². The number of hydrogen-bond donors (Lipinski definition) is 2. The van der Waals surface area contributed by atoms with Crippen molar-refractivity contribution in [2.24, 2.45) is 0 Å². The molecule has 4 nitrogen and oxygen atoms in total. The molecule has 0 aliphatic heterocycles. The first-order valence-corrected chi connectivity index (χ1v) is 6.64. The van der Waals surface area contributed by atoms with Gasteiger partial charge in [0.2, 0.25) is 0 Å². The van der Waals surface area contributed by atoms with Gasteiger partial charge in [-0.15, -0.1) is 0 Å². The van der Waals surface area contributed by atoms with Crippen molar-refractivity contribution < 1.29 is 0 Å². The molecule has 0 atom stereocenters. The number of rotatable bonds is 3. The Balaban J connectivity index is 1.89. The highest BCUT2D eigenvalue weighted by Gasteiger charge is 2.05. The van der Waals surface area contributed by atoms with E-state index in [0.717, 1.165) is 27.8 Å². The maximum atomic E-state index is 8.92. The topological polar surface area (TPSA) is 74.7 Å². The summed E-state index contributed by atoms with van der Waals surface area (Å²) in [6, 6.07) is 17.3. The molecule has 102 valence electrons. The van der Waals surface area contributed by atoms with Gasteiger partial charge in [0.1, 0.15) is 0 Å². The third-order valence-electron chi connectivity index (χ3n) is 3.34. The largest absolute Gasteiger partial charge is 0.398 e. The molecule has 3 N–H and O–H groups in total. The predicted octanol–water partition coefficient (Wildman–Crippen LogP) is 3.30. The van der Waals surface area contributed by atoms with Crippen molar-refractivity contribution in [3.63, 3.8) is 0 Å². The Hall–Kier alpha value is -3.06. The molecule has 21 heavy (non-hydrogen) atoms. The molecule has 0 aliphatic carbocycles. The van der Waals surface area contributed by atoms with Gasteiger partial charge >= 0.3 is 0 Å². The lowest BCUT2D eigenvalue weighted by Crippen LogP contribution is -2.01. The minimum Gasteiger partial charge on any atom is -0.398 e. The van der Waals surface area contributed by atoms with Crippen molar-refractivity contribution in [3.8, 4) is 6.07 Å². The first-order chi connectivity index (χ1) is 10.3. The van der Waals surface area contributed by atoms with Crippen LogP contribution >= 0.6 is 0 Å². The number of aromatic nitrogens is 1. The zero-order valence-corrected chi connectivity index (χ0v) is 11.4.